The Morgan fingerprint density at radius 1 is 1.11 bits per heavy atom. The number of aromatic nitrogens is 1. The third-order valence-corrected chi connectivity index (χ3v) is 6.49. The standard InChI is InChI=1S/C27H24N2O5S/c1-27(2,3)19-9-11-20(12-10-19)34-23-13-8-17(15-22(23)29(32)33)14-18(16-25(30)31)26-28-21-6-4-5-7-24(21)35-26/h4-15H,16H2,1-3H3,(H,30,31)/b18-14+. The summed E-state index contributed by atoms with van der Waals surface area (Å²) in [5, 5.41) is 21.8. The molecule has 1 N–H and O–H groups in total. The average Bonchev–Trinajstić information content (AvgIpc) is 3.23. The molecule has 4 aromatic rings. The lowest BCUT2D eigenvalue weighted by molar-refractivity contribution is -0.385. The van der Waals surface area contributed by atoms with Crippen LogP contribution in [0.1, 0.15) is 43.3 Å². The van der Waals surface area contributed by atoms with Crippen LogP contribution in [0.3, 0.4) is 0 Å². The molecule has 0 spiro atoms. The van der Waals surface area contributed by atoms with Gasteiger partial charge in [-0.1, -0.05) is 51.1 Å². The number of nitro benzene ring substituents is 1. The van der Waals surface area contributed by atoms with Crippen molar-refractivity contribution in [3.8, 4) is 11.5 Å². The number of nitrogens with zero attached hydrogens (tertiary/aromatic N) is 2. The zero-order chi connectivity index (χ0) is 25.2. The summed E-state index contributed by atoms with van der Waals surface area (Å²) in [5.74, 6) is -0.412. The Hall–Kier alpha value is -4.04. The smallest absolute Gasteiger partial charge is 0.312 e. The van der Waals surface area contributed by atoms with Crippen LogP contribution in [-0.2, 0) is 10.2 Å². The van der Waals surface area contributed by atoms with Crippen LogP contribution >= 0.6 is 11.3 Å². The van der Waals surface area contributed by atoms with E-state index in [-0.39, 0.29) is 23.3 Å². The SMILES string of the molecule is CC(C)(C)c1ccc(Oc2ccc(/C=C(\CC(=O)O)c3nc4ccccc4s3)cc2[N+](=O)[O-])cc1. The fourth-order valence-corrected chi connectivity index (χ4v) is 4.54. The van der Waals surface area contributed by atoms with Crippen LogP contribution in [0, 0.1) is 10.1 Å². The maximum atomic E-state index is 11.8. The highest BCUT2D eigenvalue weighted by atomic mass is 32.1. The molecule has 0 amide bonds. The predicted octanol–water partition coefficient (Wildman–Crippen LogP) is 7.31. The monoisotopic (exact) mass is 488 g/mol. The summed E-state index contributed by atoms with van der Waals surface area (Å²) in [6.45, 7) is 6.31. The Balaban J connectivity index is 1.68. The molecule has 0 saturated carbocycles. The minimum atomic E-state index is -1.01. The Bertz CT molecular complexity index is 1400. The van der Waals surface area contributed by atoms with E-state index in [0.717, 1.165) is 15.8 Å². The first kappa shape index (κ1) is 24.1. The summed E-state index contributed by atoms with van der Waals surface area (Å²) >= 11 is 1.38. The molecule has 1 heterocycles. The van der Waals surface area contributed by atoms with Gasteiger partial charge in [0, 0.05) is 6.07 Å². The van der Waals surface area contributed by atoms with Gasteiger partial charge in [0.1, 0.15) is 10.8 Å². The second-order valence-electron chi connectivity index (χ2n) is 9.09. The van der Waals surface area contributed by atoms with Gasteiger partial charge in [0.05, 0.1) is 21.6 Å². The normalized spacial score (nSPS) is 12.0. The Kier molecular flexibility index (Phi) is 6.66. The van der Waals surface area contributed by atoms with Crippen LogP contribution in [0.5, 0.6) is 11.5 Å². The largest absolute Gasteiger partial charge is 0.481 e. The van der Waals surface area contributed by atoms with Crippen molar-refractivity contribution in [3.05, 3.63) is 93.0 Å². The van der Waals surface area contributed by atoms with Gasteiger partial charge < -0.3 is 9.84 Å². The molecule has 0 aliphatic heterocycles. The van der Waals surface area contributed by atoms with Crippen molar-refractivity contribution in [1.82, 2.24) is 4.98 Å². The quantitative estimate of drug-likeness (QED) is 0.216. The van der Waals surface area contributed by atoms with Crippen LogP contribution in [0.4, 0.5) is 5.69 Å². The Labute approximate surface area is 206 Å². The lowest BCUT2D eigenvalue weighted by Gasteiger charge is -2.19. The van der Waals surface area contributed by atoms with Gasteiger partial charge in [-0.05, 0) is 58.5 Å². The number of carbonyl (C=O) groups is 1. The van der Waals surface area contributed by atoms with E-state index in [2.05, 4.69) is 25.8 Å². The molecule has 8 heteroatoms. The fraction of sp³-hybridized carbons (Fsp3) is 0.185. The highest BCUT2D eigenvalue weighted by molar-refractivity contribution is 7.19. The number of nitro groups is 1. The molecule has 0 saturated heterocycles. The van der Waals surface area contributed by atoms with Gasteiger partial charge in [-0.2, -0.15) is 0 Å². The minimum absolute atomic E-state index is 0.0184. The summed E-state index contributed by atoms with van der Waals surface area (Å²) in [5.41, 5.74) is 2.63. The molecule has 0 atom stereocenters. The van der Waals surface area contributed by atoms with Gasteiger partial charge in [0.15, 0.2) is 0 Å². The lowest BCUT2D eigenvalue weighted by Crippen LogP contribution is -2.10. The van der Waals surface area contributed by atoms with E-state index in [4.69, 9.17) is 4.74 Å². The topological polar surface area (TPSA) is 103 Å². The van der Waals surface area contributed by atoms with Gasteiger partial charge in [-0.15, -0.1) is 11.3 Å². The number of aliphatic carboxylic acids is 1. The minimum Gasteiger partial charge on any atom is -0.481 e. The first-order valence-electron chi connectivity index (χ1n) is 11.0. The molecular formula is C27H24N2O5S. The number of ether oxygens (including phenoxy) is 1. The van der Waals surface area contributed by atoms with Gasteiger partial charge in [-0.25, -0.2) is 4.98 Å². The van der Waals surface area contributed by atoms with Crippen LogP contribution in [0.2, 0.25) is 0 Å². The van der Waals surface area contributed by atoms with Crippen molar-refractivity contribution >= 4 is 44.9 Å². The summed E-state index contributed by atoms with van der Waals surface area (Å²) < 4.78 is 6.76. The molecule has 3 aromatic carbocycles. The molecule has 0 radical (unpaired) electrons. The van der Waals surface area contributed by atoms with Gasteiger partial charge in [0.25, 0.3) is 0 Å². The van der Waals surface area contributed by atoms with E-state index < -0.39 is 10.9 Å². The van der Waals surface area contributed by atoms with E-state index in [1.807, 2.05) is 36.4 Å². The van der Waals surface area contributed by atoms with Gasteiger partial charge >= 0.3 is 11.7 Å². The molecule has 4 rings (SSSR count). The zero-order valence-electron chi connectivity index (χ0n) is 19.5. The number of rotatable bonds is 7. The number of hydrogen-bond donors (Lipinski definition) is 1. The van der Waals surface area contributed by atoms with Crippen LogP contribution < -0.4 is 4.74 Å². The average molecular weight is 489 g/mol. The maximum Gasteiger partial charge on any atom is 0.312 e. The van der Waals surface area contributed by atoms with E-state index in [1.165, 1.54) is 23.5 Å². The summed E-state index contributed by atoms with van der Waals surface area (Å²) in [7, 11) is 0. The third-order valence-electron chi connectivity index (χ3n) is 5.38. The van der Waals surface area contributed by atoms with E-state index in [0.29, 0.717) is 21.9 Å². The van der Waals surface area contributed by atoms with Crippen molar-refractivity contribution in [3.63, 3.8) is 0 Å². The maximum absolute atomic E-state index is 11.8. The van der Waals surface area contributed by atoms with Crippen LogP contribution in [-0.4, -0.2) is 21.0 Å². The molecule has 35 heavy (non-hydrogen) atoms. The Morgan fingerprint density at radius 2 is 1.83 bits per heavy atom. The molecular weight excluding hydrogens is 464 g/mol. The molecule has 7 nitrogen and oxygen atoms in total. The highest BCUT2D eigenvalue weighted by Crippen LogP contribution is 2.35. The number of thiazole rings is 1. The number of para-hydroxylation sites is 1. The third kappa shape index (κ3) is 5.73. The number of fused-ring (bicyclic) bond motifs is 1. The van der Waals surface area contributed by atoms with E-state index in [9.17, 15) is 20.0 Å². The summed E-state index contributed by atoms with van der Waals surface area (Å²) in [4.78, 5) is 27.4. The first-order chi connectivity index (χ1) is 16.6. The molecule has 0 fully saturated rings. The van der Waals surface area contributed by atoms with Gasteiger partial charge in [-0.3, -0.25) is 14.9 Å². The van der Waals surface area contributed by atoms with Crippen LogP contribution in [0.15, 0.2) is 66.7 Å². The van der Waals surface area contributed by atoms with E-state index >= 15 is 0 Å². The van der Waals surface area contributed by atoms with Crippen molar-refractivity contribution < 1.29 is 19.6 Å². The molecule has 178 valence electrons. The summed E-state index contributed by atoms with van der Waals surface area (Å²) in [6.07, 6.45) is 1.37. The number of carboxylic acid groups (broad SMARTS) is 1. The van der Waals surface area contributed by atoms with Gasteiger partial charge in [0.2, 0.25) is 5.75 Å². The first-order valence-corrected chi connectivity index (χ1v) is 11.8. The fourth-order valence-electron chi connectivity index (χ4n) is 3.57. The number of benzene rings is 3. The summed E-state index contributed by atoms with van der Waals surface area (Å²) in [6, 6.07) is 19.6. The van der Waals surface area contributed by atoms with Crippen molar-refractivity contribution in [2.45, 2.75) is 32.6 Å². The highest BCUT2D eigenvalue weighted by Gasteiger charge is 2.19. The Morgan fingerprint density at radius 3 is 2.46 bits per heavy atom. The number of carboxylic acids is 1. The molecule has 0 aliphatic rings. The zero-order valence-corrected chi connectivity index (χ0v) is 20.3. The van der Waals surface area contributed by atoms with Crippen LogP contribution in [0.25, 0.3) is 21.9 Å². The second-order valence-corrected chi connectivity index (χ2v) is 10.1. The predicted molar refractivity (Wildman–Crippen MR) is 138 cm³/mol. The van der Waals surface area contributed by atoms with Crippen molar-refractivity contribution in [1.29, 1.82) is 0 Å². The van der Waals surface area contributed by atoms with Crippen molar-refractivity contribution in [2.24, 2.45) is 0 Å². The molecule has 0 aliphatic carbocycles. The molecule has 0 bridgehead atoms. The van der Waals surface area contributed by atoms with E-state index in [1.54, 1.807) is 24.3 Å². The lowest BCUT2D eigenvalue weighted by atomic mass is 9.87. The second kappa shape index (κ2) is 9.68. The number of hydrogen-bond acceptors (Lipinski definition) is 6. The molecule has 1 aromatic heterocycles. The van der Waals surface area contributed by atoms with Crippen molar-refractivity contribution in [2.75, 3.05) is 0 Å². The molecule has 0 unspecified atom stereocenters.